The molecule has 0 spiro atoms. The van der Waals surface area contributed by atoms with Gasteiger partial charge in [0.25, 0.3) is 0 Å². The minimum atomic E-state index is 0.310. The van der Waals surface area contributed by atoms with Gasteiger partial charge in [0.1, 0.15) is 5.75 Å². The number of hydrogen-bond donors (Lipinski definition) is 2. The molecule has 1 heterocycles. The fourth-order valence-corrected chi connectivity index (χ4v) is 3.91. The van der Waals surface area contributed by atoms with E-state index in [1.807, 2.05) is 26.1 Å². The van der Waals surface area contributed by atoms with Crippen molar-refractivity contribution < 1.29 is 9.47 Å². The van der Waals surface area contributed by atoms with Crippen LogP contribution in [-0.4, -0.2) is 51.3 Å². The lowest BCUT2D eigenvalue weighted by atomic mass is 10.1. The van der Waals surface area contributed by atoms with E-state index in [2.05, 4.69) is 56.9 Å². The number of nitrogens with one attached hydrogen (secondary N) is 2. The zero-order valence-corrected chi connectivity index (χ0v) is 19.1. The molecule has 6 nitrogen and oxygen atoms in total. The molecule has 2 aromatic rings. The second kappa shape index (κ2) is 12.3. The normalized spacial score (nSPS) is 15.6. The highest BCUT2D eigenvalue weighted by Crippen LogP contribution is 2.26. The monoisotopic (exact) mass is 424 g/mol. The van der Waals surface area contributed by atoms with Crippen LogP contribution in [0.1, 0.15) is 42.5 Å². The second-order valence-electron chi connectivity index (χ2n) is 7.79. The maximum Gasteiger partial charge on any atom is 0.191 e. The molecule has 2 N–H and O–H groups in total. The minimum Gasteiger partial charge on any atom is -0.497 e. The molecule has 2 aromatic carbocycles. The van der Waals surface area contributed by atoms with Crippen LogP contribution in [0.25, 0.3) is 0 Å². The third-order valence-electron chi connectivity index (χ3n) is 5.72. The average Bonchev–Trinajstić information content (AvgIpc) is 3.35. The van der Waals surface area contributed by atoms with Crippen LogP contribution in [0.2, 0.25) is 0 Å². The van der Waals surface area contributed by atoms with Gasteiger partial charge in [-0.1, -0.05) is 36.4 Å². The van der Waals surface area contributed by atoms with Gasteiger partial charge in [0.05, 0.1) is 19.8 Å². The van der Waals surface area contributed by atoms with Crippen molar-refractivity contribution in [2.24, 2.45) is 4.99 Å². The van der Waals surface area contributed by atoms with Gasteiger partial charge in [-0.15, -0.1) is 0 Å². The fraction of sp³-hybridized carbons (Fsp3) is 0.480. The molecular formula is C25H36N4O2. The Kier molecular flexibility index (Phi) is 9.18. The lowest BCUT2D eigenvalue weighted by molar-refractivity contribution is 0.134. The standard InChI is InChI=1S/C25H36N4O2/c1-4-31-19-21-9-7-20(8-10-21)17-27-25(26-2)28-18-24(29-15-5-6-16-29)22-11-13-23(30-3)14-12-22/h7-14,24H,4-6,15-19H2,1-3H3,(H2,26,27,28). The van der Waals surface area contributed by atoms with Crippen molar-refractivity contribution >= 4 is 5.96 Å². The van der Waals surface area contributed by atoms with E-state index in [-0.39, 0.29) is 0 Å². The highest BCUT2D eigenvalue weighted by Gasteiger charge is 2.23. The van der Waals surface area contributed by atoms with E-state index in [1.54, 1.807) is 7.11 Å². The summed E-state index contributed by atoms with van der Waals surface area (Å²) in [6.07, 6.45) is 2.53. The van der Waals surface area contributed by atoms with Gasteiger partial charge < -0.3 is 20.1 Å². The fourth-order valence-electron chi connectivity index (χ4n) is 3.91. The number of ether oxygens (including phenoxy) is 2. The summed E-state index contributed by atoms with van der Waals surface area (Å²) in [4.78, 5) is 6.97. The molecule has 1 atom stereocenters. The Morgan fingerprint density at radius 1 is 1.00 bits per heavy atom. The van der Waals surface area contributed by atoms with E-state index in [4.69, 9.17) is 9.47 Å². The number of aliphatic imine (C=N–C) groups is 1. The van der Waals surface area contributed by atoms with E-state index in [9.17, 15) is 0 Å². The first-order valence-electron chi connectivity index (χ1n) is 11.2. The van der Waals surface area contributed by atoms with Crippen LogP contribution in [-0.2, 0) is 17.9 Å². The molecule has 0 saturated carbocycles. The first-order chi connectivity index (χ1) is 15.2. The van der Waals surface area contributed by atoms with Crippen molar-refractivity contribution in [2.45, 2.75) is 39.0 Å². The summed E-state index contributed by atoms with van der Waals surface area (Å²) in [5.41, 5.74) is 3.71. The number of rotatable bonds is 10. The number of nitrogens with zero attached hydrogens (tertiary/aromatic N) is 2. The van der Waals surface area contributed by atoms with E-state index in [0.717, 1.165) is 44.5 Å². The highest BCUT2D eigenvalue weighted by molar-refractivity contribution is 5.79. The zero-order valence-electron chi connectivity index (χ0n) is 19.1. The molecule has 0 radical (unpaired) electrons. The molecule has 1 unspecified atom stereocenters. The molecule has 6 heteroatoms. The van der Waals surface area contributed by atoms with Gasteiger partial charge in [0.15, 0.2) is 5.96 Å². The quantitative estimate of drug-likeness (QED) is 0.450. The summed E-state index contributed by atoms with van der Waals surface area (Å²) in [6.45, 7) is 7.22. The molecule has 1 saturated heterocycles. The summed E-state index contributed by atoms with van der Waals surface area (Å²) in [6, 6.07) is 17.3. The molecule has 0 aliphatic carbocycles. The highest BCUT2D eigenvalue weighted by atomic mass is 16.5. The lowest BCUT2D eigenvalue weighted by Crippen LogP contribution is -2.42. The first-order valence-corrected chi connectivity index (χ1v) is 11.2. The topological polar surface area (TPSA) is 58.1 Å². The minimum absolute atomic E-state index is 0.310. The molecular weight excluding hydrogens is 388 g/mol. The van der Waals surface area contributed by atoms with Gasteiger partial charge in [0.2, 0.25) is 0 Å². The van der Waals surface area contributed by atoms with Crippen molar-refractivity contribution in [1.29, 1.82) is 0 Å². The van der Waals surface area contributed by atoms with Crippen molar-refractivity contribution in [1.82, 2.24) is 15.5 Å². The van der Waals surface area contributed by atoms with Crippen molar-refractivity contribution in [2.75, 3.05) is 40.4 Å². The smallest absolute Gasteiger partial charge is 0.191 e. The van der Waals surface area contributed by atoms with Crippen LogP contribution < -0.4 is 15.4 Å². The van der Waals surface area contributed by atoms with Crippen LogP contribution >= 0.6 is 0 Å². The molecule has 0 amide bonds. The van der Waals surface area contributed by atoms with Gasteiger partial charge in [-0.25, -0.2) is 0 Å². The van der Waals surface area contributed by atoms with Crippen LogP contribution in [0.4, 0.5) is 0 Å². The Bertz CT molecular complexity index is 799. The van der Waals surface area contributed by atoms with Gasteiger partial charge in [-0.05, 0) is 61.7 Å². The first kappa shape index (κ1) is 23.1. The summed E-state index contributed by atoms with van der Waals surface area (Å²) in [7, 11) is 3.52. The van der Waals surface area contributed by atoms with Gasteiger partial charge >= 0.3 is 0 Å². The average molecular weight is 425 g/mol. The number of hydrogen-bond acceptors (Lipinski definition) is 4. The van der Waals surface area contributed by atoms with Gasteiger partial charge in [-0.3, -0.25) is 9.89 Å². The molecule has 0 bridgehead atoms. The summed E-state index contributed by atoms with van der Waals surface area (Å²) in [5, 5.41) is 6.96. The Morgan fingerprint density at radius 2 is 1.68 bits per heavy atom. The van der Waals surface area contributed by atoms with Crippen LogP contribution in [0, 0.1) is 0 Å². The molecule has 1 aliphatic heterocycles. The number of benzene rings is 2. The maximum absolute atomic E-state index is 5.47. The predicted molar refractivity (Wildman–Crippen MR) is 127 cm³/mol. The summed E-state index contributed by atoms with van der Waals surface area (Å²) >= 11 is 0. The summed E-state index contributed by atoms with van der Waals surface area (Å²) < 4.78 is 10.8. The molecule has 0 aromatic heterocycles. The molecule has 1 fully saturated rings. The molecule has 3 rings (SSSR count). The Labute approximate surface area is 186 Å². The third-order valence-corrected chi connectivity index (χ3v) is 5.72. The van der Waals surface area contributed by atoms with Crippen molar-refractivity contribution in [3.63, 3.8) is 0 Å². The van der Waals surface area contributed by atoms with Crippen LogP contribution in [0.3, 0.4) is 0 Å². The Hall–Kier alpha value is -2.57. The Morgan fingerprint density at radius 3 is 2.29 bits per heavy atom. The van der Waals surface area contributed by atoms with Gasteiger partial charge in [0, 0.05) is 26.7 Å². The largest absolute Gasteiger partial charge is 0.497 e. The van der Waals surface area contributed by atoms with E-state index < -0.39 is 0 Å². The molecule has 168 valence electrons. The van der Waals surface area contributed by atoms with E-state index in [1.165, 1.54) is 29.5 Å². The van der Waals surface area contributed by atoms with Crippen LogP contribution in [0.15, 0.2) is 53.5 Å². The van der Waals surface area contributed by atoms with E-state index >= 15 is 0 Å². The lowest BCUT2D eigenvalue weighted by Gasteiger charge is -2.29. The maximum atomic E-state index is 5.47. The molecule has 31 heavy (non-hydrogen) atoms. The third kappa shape index (κ3) is 6.97. The SMILES string of the molecule is CCOCc1ccc(CNC(=NC)NCC(c2ccc(OC)cc2)N2CCCC2)cc1. The number of guanidine groups is 1. The molecule has 1 aliphatic rings. The van der Waals surface area contributed by atoms with Crippen molar-refractivity contribution in [3.05, 3.63) is 65.2 Å². The van der Waals surface area contributed by atoms with E-state index in [0.29, 0.717) is 12.6 Å². The summed E-state index contributed by atoms with van der Waals surface area (Å²) in [5.74, 6) is 1.71. The van der Waals surface area contributed by atoms with Crippen molar-refractivity contribution in [3.8, 4) is 5.75 Å². The Balaban J connectivity index is 1.56. The number of likely N-dealkylation sites (tertiary alicyclic amines) is 1. The second-order valence-corrected chi connectivity index (χ2v) is 7.79. The van der Waals surface area contributed by atoms with Crippen LogP contribution in [0.5, 0.6) is 5.75 Å². The zero-order chi connectivity index (χ0) is 21.9. The van der Waals surface area contributed by atoms with Gasteiger partial charge in [-0.2, -0.15) is 0 Å². The number of methoxy groups -OCH3 is 1. The predicted octanol–water partition coefficient (Wildman–Crippen LogP) is 3.73.